The normalized spacial score (nSPS) is 11.2. The van der Waals surface area contributed by atoms with E-state index < -0.39 is 11.9 Å². The minimum Gasteiger partial charge on any atom is -0.493 e. The van der Waals surface area contributed by atoms with Gasteiger partial charge >= 0.3 is 5.97 Å². The van der Waals surface area contributed by atoms with Gasteiger partial charge in [0.25, 0.3) is 5.56 Å². The van der Waals surface area contributed by atoms with Crippen LogP contribution in [-0.2, 0) is 16.6 Å². The monoisotopic (exact) mass is 574 g/mol. The molecular weight excluding hydrogens is 544 g/mol. The third kappa shape index (κ3) is 6.12. The molecule has 0 spiro atoms. The SMILES string of the molecule is COc1cc(/C=C/C(=O)Nc2c(-c3ccccc3Cl)c3cc(C(C)C)ccc3n(C)c2=O)cc(OC)c1OC(C)=O. The average molecular weight is 575 g/mol. The van der Waals surface area contributed by atoms with Crippen LogP contribution in [0.1, 0.15) is 37.8 Å². The zero-order valence-corrected chi connectivity index (χ0v) is 24.5. The van der Waals surface area contributed by atoms with Gasteiger partial charge in [-0.25, -0.2) is 0 Å². The number of pyridine rings is 1. The molecule has 1 aromatic heterocycles. The van der Waals surface area contributed by atoms with Crippen molar-refractivity contribution in [2.24, 2.45) is 7.05 Å². The number of hydrogen-bond acceptors (Lipinski definition) is 6. The van der Waals surface area contributed by atoms with Gasteiger partial charge in [-0.2, -0.15) is 0 Å². The summed E-state index contributed by atoms with van der Waals surface area (Å²) in [5.74, 6) is -0.172. The Morgan fingerprint density at radius 2 is 1.66 bits per heavy atom. The lowest BCUT2D eigenvalue weighted by Crippen LogP contribution is -2.25. The number of methoxy groups -OCH3 is 2. The molecule has 41 heavy (non-hydrogen) atoms. The number of benzene rings is 3. The van der Waals surface area contributed by atoms with E-state index in [-0.39, 0.29) is 34.4 Å². The first-order valence-electron chi connectivity index (χ1n) is 12.9. The highest BCUT2D eigenvalue weighted by molar-refractivity contribution is 6.34. The lowest BCUT2D eigenvalue weighted by Gasteiger charge is -2.18. The zero-order valence-electron chi connectivity index (χ0n) is 23.7. The van der Waals surface area contributed by atoms with Crippen molar-refractivity contribution in [2.75, 3.05) is 19.5 Å². The van der Waals surface area contributed by atoms with Crippen molar-refractivity contribution in [1.82, 2.24) is 4.57 Å². The number of carbonyl (C=O) groups is 2. The van der Waals surface area contributed by atoms with Crippen LogP contribution in [-0.4, -0.2) is 30.7 Å². The van der Waals surface area contributed by atoms with Crippen LogP contribution in [0.3, 0.4) is 0 Å². The van der Waals surface area contributed by atoms with Crippen molar-refractivity contribution in [3.63, 3.8) is 0 Å². The Balaban J connectivity index is 1.82. The first-order chi connectivity index (χ1) is 19.5. The number of carbonyl (C=O) groups excluding carboxylic acids is 2. The largest absolute Gasteiger partial charge is 0.493 e. The van der Waals surface area contributed by atoms with Crippen molar-refractivity contribution in [1.29, 1.82) is 0 Å². The van der Waals surface area contributed by atoms with Gasteiger partial charge in [0, 0.05) is 41.6 Å². The van der Waals surface area contributed by atoms with E-state index >= 15 is 0 Å². The maximum absolute atomic E-state index is 13.6. The second-order valence-corrected chi connectivity index (χ2v) is 10.1. The summed E-state index contributed by atoms with van der Waals surface area (Å²) in [5, 5.41) is 4.05. The van der Waals surface area contributed by atoms with Crippen molar-refractivity contribution < 1.29 is 23.8 Å². The number of hydrogen-bond donors (Lipinski definition) is 1. The molecule has 1 heterocycles. The highest BCUT2D eigenvalue weighted by atomic mass is 35.5. The van der Waals surface area contributed by atoms with Gasteiger partial charge in [-0.1, -0.05) is 49.7 Å². The molecule has 1 N–H and O–H groups in total. The standard InChI is InChI=1S/C32H31ClN2O6/c1-18(2)21-12-13-25-23(17-21)29(22-9-7-8-10-24(22)33)30(32(38)35(25)4)34-28(37)14-11-20-15-26(39-5)31(41-19(3)36)27(16-20)40-6/h7-18H,1-6H3,(H,34,37)/b14-11+. The van der Waals surface area contributed by atoms with E-state index in [1.807, 2.05) is 36.4 Å². The number of fused-ring (bicyclic) bond motifs is 1. The maximum Gasteiger partial charge on any atom is 0.308 e. The van der Waals surface area contributed by atoms with Crippen LogP contribution in [0.5, 0.6) is 17.2 Å². The van der Waals surface area contributed by atoms with Gasteiger partial charge in [0.05, 0.1) is 19.7 Å². The lowest BCUT2D eigenvalue weighted by atomic mass is 9.94. The third-order valence-electron chi connectivity index (χ3n) is 6.63. The summed E-state index contributed by atoms with van der Waals surface area (Å²) < 4.78 is 17.5. The summed E-state index contributed by atoms with van der Waals surface area (Å²) >= 11 is 6.61. The number of nitrogens with one attached hydrogen (secondary N) is 1. The summed E-state index contributed by atoms with van der Waals surface area (Å²) in [5.41, 5.74) is 3.27. The van der Waals surface area contributed by atoms with E-state index in [0.29, 0.717) is 21.7 Å². The van der Waals surface area contributed by atoms with Gasteiger partial charge in [0.2, 0.25) is 11.7 Å². The Morgan fingerprint density at radius 3 is 2.24 bits per heavy atom. The Hall–Kier alpha value is -4.56. The first kappa shape index (κ1) is 29.4. The average Bonchev–Trinajstić information content (AvgIpc) is 2.95. The lowest BCUT2D eigenvalue weighted by molar-refractivity contribution is -0.132. The van der Waals surface area contributed by atoms with Gasteiger partial charge in [0.1, 0.15) is 5.69 Å². The van der Waals surface area contributed by atoms with Gasteiger partial charge in [-0.3, -0.25) is 14.4 Å². The van der Waals surface area contributed by atoms with Crippen LogP contribution in [0.15, 0.2) is 65.5 Å². The molecule has 0 aliphatic rings. The molecule has 0 saturated heterocycles. The maximum atomic E-state index is 13.6. The molecule has 0 aliphatic heterocycles. The van der Waals surface area contributed by atoms with E-state index in [9.17, 15) is 14.4 Å². The van der Waals surface area contributed by atoms with Crippen molar-refractivity contribution in [3.8, 4) is 28.4 Å². The number of aryl methyl sites for hydroxylation is 1. The second-order valence-electron chi connectivity index (χ2n) is 9.70. The molecule has 0 atom stereocenters. The van der Waals surface area contributed by atoms with E-state index in [4.69, 9.17) is 25.8 Å². The molecule has 4 aromatic rings. The third-order valence-corrected chi connectivity index (χ3v) is 6.96. The fraction of sp³-hybridized carbons (Fsp3) is 0.219. The molecule has 0 bridgehead atoms. The fourth-order valence-electron chi connectivity index (χ4n) is 4.56. The Labute approximate surface area is 243 Å². The Morgan fingerprint density at radius 1 is 1.00 bits per heavy atom. The molecular formula is C32H31ClN2O6. The predicted molar refractivity (Wildman–Crippen MR) is 162 cm³/mol. The number of amides is 1. The number of halogens is 1. The molecule has 4 rings (SSSR count). The van der Waals surface area contributed by atoms with Gasteiger partial charge in [0.15, 0.2) is 11.5 Å². The predicted octanol–water partition coefficient (Wildman–Crippen LogP) is 6.58. The quantitative estimate of drug-likeness (QED) is 0.145. The molecule has 0 unspecified atom stereocenters. The van der Waals surface area contributed by atoms with Crippen LogP contribution in [0, 0.1) is 0 Å². The van der Waals surface area contributed by atoms with Crippen molar-refractivity contribution >= 4 is 46.1 Å². The van der Waals surface area contributed by atoms with Gasteiger partial charge in [-0.15, -0.1) is 0 Å². The topological polar surface area (TPSA) is 95.9 Å². The Kier molecular flexibility index (Phi) is 8.83. The summed E-state index contributed by atoms with van der Waals surface area (Å²) in [6.45, 7) is 5.46. The van der Waals surface area contributed by atoms with Crippen LogP contribution >= 0.6 is 11.6 Å². The van der Waals surface area contributed by atoms with Crippen LogP contribution in [0.2, 0.25) is 5.02 Å². The smallest absolute Gasteiger partial charge is 0.308 e. The summed E-state index contributed by atoms with van der Waals surface area (Å²) in [7, 11) is 4.53. The van der Waals surface area contributed by atoms with E-state index in [1.54, 1.807) is 25.2 Å². The fourth-order valence-corrected chi connectivity index (χ4v) is 4.79. The number of aromatic nitrogens is 1. The van der Waals surface area contributed by atoms with Crippen LogP contribution < -0.4 is 25.1 Å². The summed E-state index contributed by atoms with van der Waals surface area (Å²) in [6, 6.07) is 16.4. The molecule has 3 aromatic carbocycles. The molecule has 1 amide bonds. The first-order valence-corrected chi connectivity index (χ1v) is 13.3. The number of nitrogens with zero attached hydrogens (tertiary/aromatic N) is 1. The zero-order chi connectivity index (χ0) is 29.8. The highest BCUT2D eigenvalue weighted by Crippen LogP contribution is 2.40. The molecule has 9 heteroatoms. The van der Waals surface area contributed by atoms with Crippen molar-refractivity contribution in [3.05, 3.63) is 87.2 Å². The van der Waals surface area contributed by atoms with Gasteiger partial charge < -0.3 is 24.1 Å². The van der Waals surface area contributed by atoms with Crippen LogP contribution in [0.4, 0.5) is 5.69 Å². The van der Waals surface area contributed by atoms with Crippen molar-refractivity contribution in [2.45, 2.75) is 26.7 Å². The summed E-state index contributed by atoms with van der Waals surface area (Å²) in [6.07, 6.45) is 2.83. The van der Waals surface area contributed by atoms with Gasteiger partial charge in [-0.05, 0) is 53.5 Å². The molecule has 0 aliphatic carbocycles. The van der Waals surface area contributed by atoms with Crippen LogP contribution in [0.25, 0.3) is 28.1 Å². The number of anilines is 1. The molecule has 0 radical (unpaired) electrons. The van der Waals surface area contributed by atoms with E-state index in [2.05, 4.69) is 19.2 Å². The minimum atomic E-state index is -0.531. The Bertz CT molecular complexity index is 1710. The summed E-state index contributed by atoms with van der Waals surface area (Å²) in [4.78, 5) is 38.4. The number of rotatable bonds is 8. The minimum absolute atomic E-state index is 0.115. The van der Waals surface area contributed by atoms with E-state index in [1.165, 1.54) is 37.9 Å². The number of ether oxygens (including phenoxy) is 3. The van der Waals surface area contributed by atoms with E-state index in [0.717, 1.165) is 16.5 Å². The number of esters is 1. The molecule has 8 nitrogen and oxygen atoms in total. The molecule has 0 saturated carbocycles. The second kappa shape index (κ2) is 12.3. The highest BCUT2D eigenvalue weighted by Gasteiger charge is 2.21. The molecule has 0 fully saturated rings. The molecule has 212 valence electrons.